The van der Waals surface area contributed by atoms with Crippen molar-refractivity contribution >= 4 is 12.4 Å². The first-order valence-electron chi connectivity index (χ1n) is 3.87. The molecule has 2 N–H and O–H groups in total. The van der Waals surface area contributed by atoms with Gasteiger partial charge < -0.3 is 5.73 Å². The Morgan fingerprint density at radius 2 is 1.90 bits per heavy atom. The Balaban J connectivity index is 0.000000810. The summed E-state index contributed by atoms with van der Waals surface area (Å²) in [6.07, 6.45) is 4.07. The fourth-order valence-corrected chi connectivity index (χ4v) is 1.44. The molecule has 0 aliphatic heterocycles. The van der Waals surface area contributed by atoms with Crippen molar-refractivity contribution in [2.75, 3.05) is 6.54 Å². The normalized spacial score (nSPS) is 18.3. The summed E-state index contributed by atoms with van der Waals surface area (Å²) in [5, 5.41) is 0. The van der Waals surface area contributed by atoms with Crippen molar-refractivity contribution in [1.82, 2.24) is 0 Å². The van der Waals surface area contributed by atoms with Crippen LogP contribution in [-0.4, -0.2) is 6.54 Å². The third-order valence-corrected chi connectivity index (χ3v) is 2.47. The van der Waals surface area contributed by atoms with Gasteiger partial charge in [-0.1, -0.05) is 13.8 Å². The van der Waals surface area contributed by atoms with Gasteiger partial charge in [-0.25, -0.2) is 0 Å². The van der Waals surface area contributed by atoms with E-state index < -0.39 is 0 Å². The van der Waals surface area contributed by atoms with Crippen molar-refractivity contribution in [2.24, 2.45) is 17.1 Å². The highest BCUT2D eigenvalue weighted by Crippen LogP contribution is 2.46. The molecule has 0 aromatic heterocycles. The zero-order valence-electron chi connectivity index (χ0n) is 6.89. The minimum atomic E-state index is 0. The van der Waals surface area contributed by atoms with Gasteiger partial charge in [0.15, 0.2) is 0 Å². The van der Waals surface area contributed by atoms with E-state index in [-0.39, 0.29) is 12.4 Å². The van der Waals surface area contributed by atoms with Crippen LogP contribution in [0.3, 0.4) is 0 Å². The minimum Gasteiger partial charge on any atom is -0.330 e. The van der Waals surface area contributed by atoms with E-state index in [4.69, 9.17) is 5.73 Å². The molecule has 0 bridgehead atoms. The molecule has 0 atom stereocenters. The lowest BCUT2D eigenvalue weighted by atomic mass is 9.84. The van der Waals surface area contributed by atoms with Crippen LogP contribution in [0, 0.1) is 11.3 Å². The molecule has 10 heavy (non-hydrogen) atoms. The third-order valence-electron chi connectivity index (χ3n) is 2.47. The molecule has 0 heterocycles. The maximum absolute atomic E-state index is 5.48. The Hall–Kier alpha value is 0.250. The Bertz CT molecular complexity index is 97.4. The van der Waals surface area contributed by atoms with E-state index in [1.54, 1.807) is 0 Å². The molecule has 0 spiro atoms. The van der Waals surface area contributed by atoms with Crippen molar-refractivity contribution in [1.29, 1.82) is 0 Å². The van der Waals surface area contributed by atoms with Crippen LogP contribution in [0.5, 0.6) is 0 Å². The van der Waals surface area contributed by atoms with Gasteiger partial charge in [-0.2, -0.15) is 0 Å². The molecule has 0 aromatic rings. The zero-order chi connectivity index (χ0) is 6.91. The average Bonchev–Trinajstić information content (AvgIpc) is 2.41. The maximum Gasteiger partial charge on any atom is -0.00721 e. The fourth-order valence-electron chi connectivity index (χ4n) is 1.44. The van der Waals surface area contributed by atoms with Crippen molar-refractivity contribution < 1.29 is 0 Å². The molecule has 2 heteroatoms. The molecule has 0 aromatic carbocycles. The summed E-state index contributed by atoms with van der Waals surface area (Å²) in [6, 6.07) is 0. The second-order valence-corrected chi connectivity index (χ2v) is 3.80. The predicted octanol–water partition coefficient (Wildman–Crippen LogP) is 2.19. The smallest absolute Gasteiger partial charge is 0.00721 e. The van der Waals surface area contributed by atoms with E-state index >= 15 is 0 Å². The summed E-state index contributed by atoms with van der Waals surface area (Å²) in [6.45, 7) is 5.51. The standard InChI is InChI=1S/C8H17N.ClH/c1-8(2,5-6-9)7-3-4-7;/h7H,3-6,9H2,1-2H3;1H. The summed E-state index contributed by atoms with van der Waals surface area (Å²) in [5.74, 6) is 0.987. The molecule has 0 unspecified atom stereocenters. The van der Waals surface area contributed by atoms with E-state index in [9.17, 15) is 0 Å². The second-order valence-electron chi connectivity index (χ2n) is 3.80. The molecule has 1 nitrogen and oxygen atoms in total. The highest BCUT2D eigenvalue weighted by atomic mass is 35.5. The lowest BCUT2D eigenvalue weighted by Crippen LogP contribution is -2.18. The minimum absolute atomic E-state index is 0. The van der Waals surface area contributed by atoms with E-state index in [1.165, 1.54) is 19.3 Å². The van der Waals surface area contributed by atoms with Gasteiger partial charge in [-0.05, 0) is 37.1 Å². The molecule has 1 saturated carbocycles. The number of nitrogens with two attached hydrogens (primary N) is 1. The van der Waals surface area contributed by atoms with Gasteiger partial charge in [0.25, 0.3) is 0 Å². The molecule has 1 rings (SSSR count). The van der Waals surface area contributed by atoms with Crippen LogP contribution in [0.15, 0.2) is 0 Å². The Labute approximate surface area is 69.8 Å². The predicted molar refractivity (Wildman–Crippen MR) is 47.4 cm³/mol. The Morgan fingerprint density at radius 1 is 1.40 bits per heavy atom. The number of hydrogen-bond acceptors (Lipinski definition) is 1. The lowest BCUT2D eigenvalue weighted by Gasteiger charge is -2.22. The maximum atomic E-state index is 5.48. The number of hydrogen-bond donors (Lipinski definition) is 1. The van der Waals surface area contributed by atoms with Crippen molar-refractivity contribution in [3.63, 3.8) is 0 Å². The molecule has 1 aliphatic carbocycles. The highest BCUT2D eigenvalue weighted by Gasteiger charge is 2.36. The largest absolute Gasteiger partial charge is 0.330 e. The van der Waals surface area contributed by atoms with Crippen LogP contribution in [0.2, 0.25) is 0 Å². The van der Waals surface area contributed by atoms with Crippen LogP contribution in [-0.2, 0) is 0 Å². The van der Waals surface area contributed by atoms with E-state index in [0.29, 0.717) is 5.41 Å². The van der Waals surface area contributed by atoms with E-state index in [1.807, 2.05) is 0 Å². The summed E-state index contributed by atoms with van der Waals surface area (Å²) in [5.41, 5.74) is 6.02. The summed E-state index contributed by atoms with van der Waals surface area (Å²) < 4.78 is 0. The summed E-state index contributed by atoms with van der Waals surface area (Å²) in [7, 11) is 0. The first-order valence-corrected chi connectivity index (χ1v) is 3.87. The van der Waals surface area contributed by atoms with Gasteiger partial charge in [0, 0.05) is 0 Å². The molecule has 0 amide bonds. The highest BCUT2D eigenvalue weighted by molar-refractivity contribution is 5.85. The monoisotopic (exact) mass is 163 g/mol. The van der Waals surface area contributed by atoms with Crippen molar-refractivity contribution in [3.05, 3.63) is 0 Å². The topological polar surface area (TPSA) is 26.0 Å². The first-order chi connectivity index (χ1) is 4.17. The van der Waals surface area contributed by atoms with Crippen LogP contribution in [0.25, 0.3) is 0 Å². The van der Waals surface area contributed by atoms with Gasteiger partial charge >= 0.3 is 0 Å². The van der Waals surface area contributed by atoms with Gasteiger partial charge in [-0.15, -0.1) is 12.4 Å². The van der Waals surface area contributed by atoms with Gasteiger partial charge in [0.2, 0.25) is 0 Å². The Morgan fingerprint density at radius 3 is 2.20 bits per heavy atom. The van der Waals surface area contributed by atoms with E-state index in [2.05, 4.69) is 13.8 Å². The van der Waals surface area contributed by atoms with Crippen LogP contribution in [0.4, 0.5) is 0 Å². The molecular formula is C8H18ClN. The van der Waals surface area contributed by atoms with Gasteiger partial charge in [-0.3, -0.25) is 0 Å². The molecule has 1 fully saturated rings. The lowest BCUT2D eigenvalue weighted by molar-refractivity contribution is 0.289. The summed E-state index contributed by atoms with van der Waals surface area (Å²) >= 11 is 0. The summed E-state index contributed by atoms with van der Waals surface area (Å²) in [4.78, 5) is 0. The van der Waals surface area contributed by atoms with Crippen molar-refractivity contribution in [3.8, 4) is 0 Å². The molecule has 0 saturated heterocycles. The molecule has 0 radical (unpaired) electrons. The zero-order valence-corrected chi connectivity index (χ0v) is 7.71. The second kappa shape index (κ2) is 3.59. The van der Waals surface area contributed by atoms with Crippen LogP contribution in [0.1, 0.15) is 33.1 Å². The quantitative estimate of drug-likeness (QED) is 0.679. The fraction of sp³-hybridized carbons (Fsp3) is 1.00. The van der Waals surface area contributed by atoms with E-state index in [0.717, 1.165) is 12.5 Å². The Kier molecular flexibility index (Phi) is 3.68. The SMILES string of the molecule is CC(C)(CCN)C1CC1.Cl. The number of halogens is 1. The van der Waals surface area contributed by atoms with Crippen LogP contribution >= 0.6 is 12.4 Å². The number of rotatable bonds is 3. The van der Waals surface area contributed by atoms with Crippen LogP contribution < -0.4 is 5.73 Å². The van der Waals surface area contributed by atoms with Gasteiger partial charge in [0.05, 0.1) is 0 Å². The molecule has 1 aliphatic rings. The van der Waals surface area contributed by atoms with Crippen molar-refractivity contribution in [2.45, 2.75) is 33.1 Å². The van der Waals surface area contributed by atoms with Gasteiger partial charge in [0.1, 0.15) is 0 Å². The average molecular weight is 164 g/mol. The molecule has 62 valence electrons. The molecular weight excluding hydrogens is 146 g/mol. The first kappa shape index (κ1) is 10.2. The third kappa shape index (κ3) is 2.47.